The number of amides is 1. The molecule has 0 unspecified atom stereocenters. The van der Waals surface area contributed by atoms with Crippen LogP contribution in [-0.2, 0) is 21.0 Å². The standard InChI is InChI=1S/C13H10ClF3N2O3S2/c14-10-5-6-12(23-10)24(21,22)18-7-11(20)19-9-3-1-8(2-4-9)13(15,16)17/h1-6,18H,7H2,(H,19,20). The number of carbonyl (C=O) groups excluding carboxylic acids is 1. The van der Waals surface area contributed by atoms with E-state index in [-0.39, 0.29) is 14.2 Å². The predicted octanol–water partition coefficient (Wildman–Crippen LogP) is 3.34. The van der Waals surface area contributed by atoms with Crippen LogP contribution in [-0.4, -0.2) is 20.9 Å². The third-order valence-electron chi connectivity index (χ3n) is 2.73. The average molecular weight is 399 g/mol. The summed E-state index contributed by atoms with van der Waals surface area (Å²) in [6, 6.07) is 6.48. The van der Waals surface area contributed by atoms with Gasteiger partial charge in [-0.25, -0.2) is 13.1 Å². The molecule has 0 aliphatic rings. The second kappa shape index (κ2) is 7.09. The van der Waals surface area contributed by atoms with Crippen LogP contribution in [0.25, 0.3) is 0 Å². The van der Waals surface area contributed by atoms with Gasteiger partial charge in [0.1, 0.15) is 4.21 Å². The van der Waals surface area contributed by atoms with E-state index in [1.54, 1.807) is 0 Å². The van der Waals surface area contributed by atoms with Gasteiger partial charge >= 0.3 is 6.18 Å². The fraction of sp³-hybridized carbons (Fsp3) is 0.154. The third kappa shape index (κ3) is 4.94. The van der Waals surface area contributed by atoms with E-state index in [1.165, 1.54) is 12.1 Å². The highest BCUT2D eigenvalue weighted by atomic mass is 35.5. The molecular weight excluding hydrogens is 389 g/mol. The summed E-state index contributed by atoms with van der Waals surface area (Å²) in [5.74, 6) is -0.721. The Morgan fingerprint density at radius 3 is 2.25 bits per heavy atom. The second-order valence-corrected chi connectivity index (χ2v) is 8.22. The van der Waals surface area contributed by atoms with Gasteiger partial charge in [-0.3, -0.25) is 4.79 Å². The zero-order valence-corrected chi connectivity index (χ0v) is 14.1. The minimum Gasteiger partial charge on any atom is -0.325 e. The van der Waals surface area contributed by atoms with Crippen LogP contribution in [0.5, 0.6) is 0 Å². The number of benzene rings is 1. The van der Waals surface area contributed by atoms with E-state index in [9.17, 15) is 26.4 Å². The van der Waals surface area contributed by atoms with Gasteiger partial charge in [0.25, 0.3) is 10.0 Å². The molecule has 0 saturated heterocycles. The monoisotopic (exact) mass is 398 g/mol. The van der Waals surface area contributed by atoms with Gasteiger partial charge in [-0.2, -0.15) is 13.2 Å². The van der Waals surface area contributed by atoms with Gasteiger partial charge in [0.05, 0.1) is 16.4 Å². The molecule has 1 amide bonds. The number of halogens is 4. The maximum absolute atomic E-state index is 12.4. The van der Waals surface area contributed by atoms with Crippen molar-refractivity contribution in [1.82, 2.24) is 4.72 Å². The first-order chi connectivity index (χ1) is 11.1. The molecule has 0 fully saturated rings. The van der Waals surface area contributed by atoms with E-state index in [2.05, 4.69) is 10.0 Å². The maximum atomic E-state index is 12.4. The van der Waals surface area contributed by atoms with Crippen molar-refractivity contribution in [3.8, 4) is 0 Å². The molecule has 1 aromatic heterocycles. The lowest BCUT2D eigenvalue weighted by molar-refractivity contribution is -0.137. The number of alkyl halides is 3. The highest BCUT2D eigenvalue weighted by Crippen LogP contribution is 2.29. The fourth-order valence-corrected chi connectivity index (χ4v) is 4.13. The van der Waals surface area contributed by atoms with E-state index >= 15 is 0 Å². The van der Waals surface area contributed by atoms with Crippen molar-refractivity contribution in [3.63, 3.8) is 0 Å². The number of rotatable bonds is 5. The molecule has 0 saturated carbocycles. The summed E-state index contributed by atoms with van der Waals surface area (Å²) in [5, 5.41) is 2.29. The number of carbonyl (C=O) groups is 1. The molecule has 2 rings (SSSR count). The number of nitrogens with one attached hydrogen (secondary N) is 2. The van der Waals surface area contributed by atoms with Crippen molar-refractivity contribution in [1.29, 1.82) is 0 Å². The Hall–Kier alpha value is -1.62. The van der Waals surface area contributed by atoms with Crippen molar-refractivity contribution in [3.05, 3.63) is 46.3 Å². The largest absolute Gasteiger partial charge is 0.416 e. The highest BCUT2D eigenvalue weighted by Gasteiger charge is 2.30. The van der Waals surface area contributed by atoms with Crippen LogP contribution in [0.1, 0.15) is 5.56 Å². The van der Waals surface area contributed by atoms with E-state index in [0.717, 1.165) is 35.6 Å². The van der Waals surface area contributed by atoms with Crippen molar-refractivity contribution in [2.45, 2.75) is 10.4 Å². The summed E-state index contributed by atoms with van der Waals surface area (Å²) >= 11 is 6.48. The SMILES string of the molecule is O=C(CNS(=O)(=O)c1ccc(Cl)s1)Nc1ccc(C(F)(F)F)cc1. The maximum Gasteiger partial charge on any atom is 0.416 e. The van der Waals surface area contributed by atoms with Gasteiger partial charge in [-0.05, 0) is 36.4 Å². The van der Waals surface area contributed by atoms with Crippen LogP contribution >= 0.6 is 22.9 Å². The van der Waals surface area contributed by atoms with Crippen molar-refractivity contribution < 1.29 is 26.4 Å². The molecule has 11 heteroatoms. The Morgan fingerprint density at radius 2 is 1.75 bits per heavy atom. The number of anilines is 1. The Bertz CT molecular complexity index is 833. The van der Waals surface area contributed by atoms with Crippen LogP contribution in [0.3, 0.4) is 0 Å². The molecule has 0 spiro atoms. The van der Waals surface area contributed by atoms with Gasteiger partial charge < -0.3 is 5.32 Å². The highest BCUT2D eigenvalue weighted by molar-refractivity contribution is 7.91. The molecule has 0 aliphatic carbocycles. The van der Waals surface area contributed by atoms with Crippen LogP contribution in [0.15, 0.2) is 40.6 Å². The molecule has 0 atom stereocenters. The first-order valence-corrected chi connectivity index (χ1v) is 8.98. The summed E-state index contributed by atoms with van der Waals surface area (Å²) in [4.78, 5) is 11.7. The van der Waals surface area contributed by atoms with E-state index in [4.69, 9.17) is 11.6 Å². The minimum atomic E-state index is -4.47. The smallest absolute Gasteiger partial charge is 0.325 e. The Kier molecular flexibility index (Phi) is 5.53. The van der Waals surface area contributed by atoms with Crippen LogP contribution in [0.2, 0.25) is 4.34 Å². The molecule has 2 N–H and O–H groups in total. The molecule has 0 radical (unpaired) electrons. The predicted molar refractivity (Wildman–Crippen MR) is 84.6 cm³/mol. The number of hydrogen-bond acceptors (Lipinski definition) is 4. The fourth-order valence-electron chi connectivity index (χ4n) is 1.62. The molecular formula is C13H10ClF3N2O3S2. The van der Waals surface area contributed by atoms with Gasteiger partial charge in [-0.15, -0.1) is 11.3 Å². The van der Waals surface area contributed by atoms with E-state index in [1.807, 2.05) is 0 Å². The van der Waals surface area contributed by atoms with Crippen LogP contribution < -0.4 is 10.0 Å². The summed E-state index contributed by atoms with van der Waals surface area (Å²) < 4.78 is 63.4. The number of hydrogen-bond donors (Lipinski definition) is 2. The Balaban J connectivity index is 1.94. The first-order valence-electron chi connectivity index (χ1n) is 6.30. The van der Waals surface area contributed by atoms with Crippen molar-refractivity contribution in [2.75, 3.05) is 11.9 Å². The zero-order valence-electron chi connectivity index (χ0n) is 11.7. The lowest BCUT2D eigenvalue weighted by Crippen LogP contribution is -2.32. The first kappa shape index (κ1) is 18.7. The molecule has 24 heavy (non-hydrogen) atoms. The Labute approximate surface area is 144 Å². The van der Waals surface area contributed by atoms with Gasteiger partial charge in [0.2, 0.25) is 5.91 Å². The summed E-state index contributed by atoms with van der Waals surface area (Å²) in [6.45, 7) is -0.571. The molecule has 1 aromatic carbocycles. The quantitative estimate of drug-likeness (QED) is 0.811. The molecule has 130 valence electrons. The van der Waals surface area contributed by atoms with E-state index < -0.39 is 34.2 Å². The summed E-state index contributed by atoms with van der Waals surface area (Å²) in [7, 11) is -3.88. The lowest BCUT2D eigenvalue weighted by atomic mass is 10.2. The van der Waals surface area contributed by atoms with Crippen LogP contribution in [0.4, 0.5) is 18.9 Å². The summed E-state index contributed by atoms with van der Waals surface area (Å²) in [5.41, 5.74) is -0.734. The molecule has 0 aliphatic heterocycles. The van der Waals surface area contributed by atoms with E-state index in [0.29, 0.717) is 0 Å². The Morgan fingerprint density at radius 1 is 1.12 bits per heavy atom. The van der Waals surface area contributed by atoms with Crippen molar-refractivity contribution >= 4 is 44.6 Å². The number of thiophene rings is 1. The van der Waals surface area contributed by atoms with Crippen LogP contribution in [0, 0.1) is 0 Å². The van der Waals surface area contributed by atoms with Gasteiger partial charge in [0.15, 0.2) is 0 Å². The zero-order chi connectivity index (χ0) is 18.0. The average Bonchev–Trinajstić information content (AvgIpc) is 2.92. The molecule has 5 nitrogen and oxygen atoms in total. The number of sulfonamides is 1. The summed E-state index contributed by atoms with van der Waals surface area (Å²) in [6.07, 6.45) is -4.47. The lowest BCUT2D eigenvalue weighted by Gasteiger charge is -2.09. The molecule has 1 heterocycles. The normalized spacial score (nSPS) is 12.2. The molecule has 0 bridgehead atoms. The third-order valence-corrected chi connectivity index (χ3v) is 5.86. The van der Waals surface area contributed by atoms with Gasteiger partial charge in [0, 0.05) is 5.69 Å². The molecule has 2 aromatic rings. The second-order valence-electron chi connectivity index (χ2n) is 4.51. The minimum absolute atomic E-state index is 0.0465. The topological polar surface area (TPSA) is 75.3 Å². The van der Waals surface area contributed by atoms with Gasteiger partial charge in [-0.1, -0.05) is 11.6 Å². The van der Waals surface area contributed by atoms with Crippen molar-refractivity contribution in [2.24, 2.45) is 0 Å².